The van der Waals surface area contributed by atoms with E-state index in [0.717, 1.165) is 0 Å². The van der Waals surface area contributed by atoms with Gasteiger partial charge >= 0.3 is 0 Å². The van der Waals surface area contributed by atoms with Gasteiger partial charge in [0, 0.05) is 0 Å². The van der Waals surface area contributed by atoms with Crippen molar-refractivity contribution < 1.29 is 0 Å². The van der Waals surface area contributed by atoms with Crippen LogP contribution in [0.1, 0.15) is 16.7 Å². The molecule has 0 bridgehead atoms. The van der Waals surface area contributed by atoms with Gasteiger partial charge in [0.25, 0.3) is 0 Å². The van der Waals surface area contributed by atoms with Crippen LogP contribution in [0.15, 0.2) is 72.8 Å². The normalized spacial score (nSPS) is 19.1. The van der Waals surface area contributed by atoms with Crippen LogP contribution in [0.4, 0.5) is 0 Å². The molecule has 0 spiro atoms. The van der Waals surface area contributed by atoms with Crippen LogP contribution in [0.25, 0.3) is 17.2 Å². The third-order valence-corrected chi connectivity index (χ3v) is 12.7. The first kappa shape index (κ1) is 18.5. The number of fused-ring (bicyclic) bond motifs is 1. The topological polar surface area (TPSA) is 0 Å². The van der Waals surface area contributed by atoms with E-state index in [1.54, 1.807) is 0 Å². The fraction of sp³-hybridized carbons (Fsp3) is 0.280. The van der Waals surface area contributed by atoms with E-state index in [9.17, 15) is 0 Å². The summed E-state index contributed by atoms with van der Waals surface area (Å²) in [6.45, 7) is 12.3. The number of hydrogen-bond acceptors (Lipinski definition) is 0. The molecule has 2 aromatic rings. The van der Waals surface area contributed by atoms with Gasteiger partial charge in [-0.2, -0.15) is 0 Å². The Morgan fingerprint density at radius 3 is 2.04 bits per heavy atom. The largest absolute Gasteiger partial charge is 0.0803 e. The van der Waals surface area contributed by atoms with Gasteiger partial charge in [-0.3, -0.25) is 0 Å². The summed E-state index contributed by atoms with van der Waals surface area (Å²) in [6, 6.07) is 16.3. The molecule has 0 radical (unpaired) electrons. The minimum atomic E-state index is -1.50. The lowest BCUT2D eigenvalue weighted by Gasteiger charge is -2.33. The highest BCUT2D eigenvalue weighted by Crippen LogP contribution is 2.46. The van der Waals surface area contributed by atoms with Crippen LogP contribution >= 0.6 is 0 Å². The summed E-state index contributed by atoms with van der Waals surface area (Å²) in [6.07, 6.45) is 14.1. The van der Waals surface area contributed by atoms with Crippen molar-refractivity contribution in [2.45, 2.75) is 43.8 Å². The van der Waals surface area contributed by atoms with Crippen molar-refractivity contribution >= 4 is 27.4 Å². The molecular weight excluding hydrogens is 356 g/mol. The SMILES string of the molecule is C[Si](C)(C)c1ccc(-c2cccc3c2C=CC3[Si](C)(C)C2C=CC=C2)cc1. The minimum Gasteiger partial charge on any atom is -0.0803 e. The van der Waals surface area contributed by atoms with Crippen LogP contribution in [-0.4, -0.2) is 16.1 Å². The van der Waals surface area contributed by atoms with Gasteiger partial charge in [0.2, 0.25) is 0 Å². The second kappa shape index (κ2) is 6.61. The molecule has 0 heterocycles. The molecule has 4 rings (SSSR count). The highest BCUT2D eigenvalue weighted by atomic mass is 28.3. The molecule has 1 unspecified atom stereocenters. The smallest absolute Gasteiger partial charge is 0.0775 e. The average molecular weight is 387 g/mol. The first-order valence-electron chi connectivity index (χ1n) is 10.1. The minimum absolute atomic E-state index is 0.589. The van der Waals surface area contributed by atoms with Gasteiger partial charge < -0.3 is 0 Å². The van der Waals surface area contributed by atoms with E-state index in [-0.39, 0.29) is 0 Å². The summed E-state index contributed by atoms with van der Waals surface area (Å²) in [7, 11) is -2.75. The Morgan fingerprint density at radius 1 is 0.741 bits per heavy atom. The first-order chi connectivity index (χ1) is 12.8. The molecule has 1 atom stereocenters. The maximum absolute atomic E-state index is 2.54. The Balaban J connectivity index is 1.71. The molecule has 0 aliphatic heterocycles. The van der Waals surface area contributed by atoms with Gasteiger partial charge in [0.15, 0.2) is 0 Å². The molecule has 0 N–H and O–H groups in total. The van der Waals surface area contributed by atoms with Crippen molar-refractivity contribution in [3.63, 3.8) is 0 Å². The molecule has 2 aliphatic rings. The monoisotopic (exact) mass is 386 g/mol. The maximum Gasteiger partial charge on any atom is 0.0775 e. The van der Waals surface area contributed by atoms with E-state index in [4.69, 9.17) is 0 Å². The first-order valence-corrected chi connectivity index (χ1v) is 16.7. The van der Waals surface area contributed by atoms with Crippen LogP contribution < -0.4 is 5.19 Å². The van der Waals surface area contributed by atoms with E-state index >= 15 is 0 Å². The van der Waals surface area contributed by atoms with Gasteiger partial charge in [0.1, 0.15) is 0 Å². The quantitative estimate of drug-likeness (QED) is 0.510. The molecule has 0 nitrogen and oxygen atoms in total. The van der Waals surface area contributed by atoms with Crippen molar-refractivity contribution in [2.75, 3.05) is 0 Å². The summed E-state index contributed by atoms with van der Waals surface area (Å²) in [5.41, 5.74) is 6.93. The number of allylic oxidation sites excluding steroid dienone is 5. The standard InChI is InChI=1S/C25H30Si2/c1-26(2,3)20-15-13-19(14-16-20)22-11-8-12-24-23(22)17-18-25(24)27(4,5)21-9-6-7-10-21/h6-18,21,25H,1-5H3. The Bertz CT molecular complexity index is 925. The lowest BCUT2D eigenvalue weighted by Crippen LogP contribution is -2.37. The number of benzene rings is 2. The van der Waals surface area contributed by atoms with Gasteiger partial charge in [0.05, 0.1) is 16.1 Å². The molecule has 0 fully saturated rings. The van der Waals surface area contributed by atoms with Crippen LogP contribution in [0.2, 0.25) is 38.3 Å². The van der Waals surface area contributed by atoms with Crippen molar-refractivity contribution in [1.82, 2.24) is 0 Å². The van der Waals surface area contributed by atoms with Crippen molar-refractivity contribution in [3.05, 3.63) is 84.0 Å². The Kier molecular flexibility index (Phi) is 4.52. The molecule has 2 aromatic carbocycles. The summed E-state index contributed by atoms with van der Waals surface area (Å²) in [5, 5.41) is 1.53. The van der Waals surface area contributed by atoms with Gasteiger partial charge in [-0.15, -0.1) is 0 Å². The molecule has 0 saturated carbocycles. The van der Waals surface area contributed by atoms with Gasteiger partial charge in [-0.25, -0.2) is 0 Å². The fourth-order valence-electron chi connectivity index (χ4n) is 4.52. The molecule has 27 heavy (non-hydrogen) atoms. The molecular formula is C25H30Si2. The second-order valence-electron chi connectivity index (χ2n) is 9.59. The van der Waals surface area contributed by atoms with Crippen LogP contribution in [-0.2, 0) is 0 Å². The van der Waals surface area contributed by atoms with E-state index < -0.39 is 16.1 Å². The molecule has 0 amide bonds. The summed E-state index contributed by atoms with van der Waals surface area (Å²) < 4.78 is 0. The predicted molar refractivity (Wildman–Crippen MR) is 126 cm³/mol. The maximum atomic E-state index is 2.54. The van der Waals surface area contributed by atoms with E-state index in [1.165, 1.54) is 27.4 Å². The van der Waals surface area contributed by atoms with Crippen molar-refractivity contribution in [1.29, 1.82) is 0 Å². The zero-order chi connectivity index (χ0) is 19.2. The lowest BCUT2D eigenvalue weighted by atomic mass is 9.97. The average Bonchev–Trinajstić information content (AvgIpc) is 3.31. The van der Waals surface area contributed by atoms with E-state index in [2.05, 4.69) is 112 Å². The third kappa shape index (κ3) is 3.26. The Labute approximate surface area is 166 Å². The predicted octanol–water partition coefficient (Wildman–Crippen LogP) is 6.75. The highest BCUT2D eigenvalue weighted by Gasteiger charge is 2.40. The molecule has 0 aromatic heterocycles. The summed E-state index contributed by atoms with van der Waals surface area (Å²) >= 11 is 0. The number of rotatable bonds is 4. The van der Waals surface area contributed by atoms with Gasteiger partial charge in [-0.05, 0) is 33.3 Å². The third-order valence-electron chi connectivity index (χ3n) is 6.40. The van der Waals surface area contributed by atoms with E-state index in [0.29, 0.717) is 11.1 Å². The molecule has 2 aliphatic carbocycles. The van der Waals surface area contributed by atoms with Crippen molar-refractivity contribution in [3.8, 4) is 11.1 Å². The van der Waals surface area contributed by atoms with Crippen LogP contribution in [0.3, 0.4) is 0 Å². The van der Waals surface area contributed by atoms with Crippen LogP contribution in [0, 0.1) is 0 Å². The van der Waals surface area contributed by atoms with Crippen LogP contribution in [0.5, 0.6) is 0 Å². The number of hydrogen-bond donors (Lipinski definition) is 0. The molecule has 138 valence electrons. The van der Waals surface area contributed by atoms with Crippen molar-refractivity contribution in [2.24, 2.45) is 0 Å². The second-order valence-corrected chi connectivity index (χ2v) is 19.6. The summed E-state index contributed by atoms with van der Waals surface area (Å²) in [5.74, 6) is 0. The zero-order valence-corrected chi connectivity index (χ0v) is 19.2. The fourth-order valence-corrected chi connectivity index (χ4v) is 8.96. The van der Waals surface area contributed by atoms with Gasteiger partial charge in [-0.1, -0.05) is 117 Å². The lowest BCUT2D eigenvalue weighted by molar-refractivity contribution is 1.09. The molecule has 2 heteroatoms. The highest BCUT2D eigenvalue weighted by molar-refractivity contribution is 6.88. The van der Waals surface area contributed by atoms with E-state index in [1.807, 2.05) is 0 Å². The zero-order valence-electron chi connectivity index (χ0n) is 17.2. The Hall–Kier alpha value is -1.91. The Morgan fingerprint density at radius 2 is 1.41 bits per heavy atom. The molecule has 0 saturated heterocycles. The summed E-state index contributed by atoms with van der Waals surface area (Å²) in [4.78, 5) is 0.